The van der Waals surface area contributed by atoms with Crippen LogP contribution in [0.15, 0.2) is 40.9 Å². The molecule has 0 saturated carbocycles. The van der Waals surface area contributed by atoms with Crippen molar-refractivity contribution in [2.45, 2.75) is 25.1 Å². The first-order valence-corrected chi connectivity index (χ1v) is 12.0. The first-order chi connectivity index (χ1) is 13.1. The number of halogens is 3. The number of aromatic hydroxyl groups is 1. The number of aliphatic hydroxyl groups excluding tert-OH is 1. The zero-order valence-corrected chi connectivity index (χ0v) is 18.7. The van der Waals surface area contributed by atoms with Gasteiger partial charge in [-0.1, -0.05) is 29.3 Å². The van der Waals surface area contributed by atoms with Crippen molar-refractivity contribution in [3.63, 3.8) is 0 Å². The zero-order valence-electron chi connectivity index (χ0n) is 14.8. The van der Waals surface area contributed by atoms with Crippen molar-refractivity contribution in [1.29, 1.82) is 0 Å². The molecule has 2 aromatic rings. The average molecular weight is 509 g/mol. The molecule has 0 unspecified atom stereocenters. The Morgan fingerprint density at radius 2 is 1.75 bits per heavy atom. The van der Waals surface area contributed by atoms with Gasteiger partial charge in [0.25, 0.3) is 0 Å². The predicted octanol–water partition coefficient (Wildman–Crippen LogP) is 3.57. The molecule has 1 aliphatic rings. The number of rotatable bonds is 5. The van der Waals surface area contributed by atoms with E-state index in [0.29, 0.717) is 27.5 Å². The van der Waals surface area contributed by atoms with Gasteiger partial charge in [0.2, 0.25) is 0 Å². The summed E-state index contributed by atoms with van der Waals surface area (Å²) in [5.41, 5.74) is 1.65. The summed E-state index contributed by atoms with van der Waals surface area (Å²) in [7, 11) is -3.31. The van der Waals surface area contributed by atoms with Crippen molar-refractivity contribution in [2.75, 3.05) is 11.5 Å². The average Bonchev–Trinajstić information content (AvgIpc) is 2.58. The van der Waals surface area contributed by atoms with Crippen molar-refractivity contribution in [2.24, 2.45) is 5.92 Å². The van der Waals surface area contributed by atoms with Crippen LogP contribution in [0.25, 0.3) is 0 Å². The molecule has 0 aliphatic carbocycles. The zero-order chi connectivity index (χ0) is 20.5. The lowest BCUT2D eigenvalue weighted by Crippen LogP contribution is -2.54. The number of benzene rings is 2. The van der Waals surface area contributed by atoms with Gasteiger partial charge in [-0.05, 0) is 63.8 Å². The van der Waals surface area contributed by atoms with Crippen molar-refractivity contribution >= 4 is 49.0 Å². The first-order valence-electron chi connectivity index (χ1n) is 8.67. The molecular formula is C19H20BrCl2NO4S. The van der Waals surface area contributed by atoms with E-state index in [2.05, 4.69) is 21.2 Å². The smallest absolute Gasteiger partial charge is 0.152 e. The summed E-state index contributed by atoms with van der Waals surface area (Å²) >= 11 is 15.3. The Labute approximate surface area is 182 Å². The standard InChI is InChI=1S/C19H20BrCl2NO4S/c20-16-6-11(1-2-18(16)24)3-13-9-28(26,27)10-17(19(13)25)23-8-12-4-14(21)7-15(22)5-12/h1-2,4-7,13,17,19,23-25H,3,8-10H2/t13-,17+,19+/m1/s1. The minimum Gasteiger partial charge on any atom is -0.507 e. The fourth-order valence-electron chi connectivity index (χ4n) is 3.49. The van der Waals surface area contributed by atoms with Crippen LogP contribution in [0.3, 0.4) is 0 Å². The molecule has 152 valence electrons. The fraction of sp³-hybridized carbons (Fsp3) is 0.368. The first kappa shape index (κ1) is 21.9. The van der Waals surface area contributed by atoms with Gasteiger partial charge in [0, 0.05) is 28.5 Å². The summed E-state index contributed by atoms with van der Waals surface area (Å²) < 4.78 is 25.3. The summed E-state index contributed by atoms with van der Waals surface area (Å²) in [6.07, 6.45) is -0.439. The van der Waals surface area contributed by atoms with Crippen LogP contribution in [0, 0.1) is 5.92 Å². The third kappa shape index (κ3) is 5.62. The van der Waals surface area contributed by atoms with E-state index in [9.17, 15) is 18.6 Å². The van der Waals surface area contributed by atoms with Gasteiger partial charge in [-0.15, -0.1) is 0 Å². The molecule has 3 N–H and O–H groups in total. The number of hydrogen-bond acceptors (Lipinski definition) is 5. The molecule has 1 fully saturated rings. The summed E-state index contributed by atoms with van der Waals surface area (Å²) in [6, 6.07) is 9.53. The van der Waals surface area contributed by atoms with Gasteiger partial charge in [0.15, 0.2) is 9.84 Å². The molecule has 5 nitrogen and oxygen atoms in total. The fourth-order valence-corrected chi connectivity index (χ4v) is 6.46. The van der Waals surface area contributed by atoms with E-state index >= 15 is 0 Å². The SMILES string of the molecule is O=S1(=O)C[C@@H](Cc2ccc(O)c(Br)c2)[C@H](O)[C@@H](NCc2cc(Cl)cc(Cl)c2)C1. The molecular weight excluding hydrogens is 489 g/mol. The molecule has 1 aliphatic heterocycles. The molecule has 0 aromatic heterocycles. The second kappa shape index (κ2) is 8.90. The number of hydrogen-bond donors (Lipinski definition) is 3. The molecule has 0 radical (unpaired) electrons. The van der Waals surface area contributed by atoms with E-state index in [0.717, 1.165) is 11.1 Å². The van der Waals surface area contributed by atoms with E-state index in [-0.39, 0.29) is 17.3 Å². The summed E-state index contributed by atoms with van der Waals surface area (Å²) in [5, 5.41) is 24.5. The van der Waals surface area contributed by atoms with Gasteiger partial charge in [-0.2, -0.15) is 0 Å². The van der Waals surface area contributed by atoms with E-state index in [4.69, 9.17) is 23.2 Å². The molecule has 1 heterocycles. The Balaban J connectivity index is 1.73. The maximum Gasteiger partial charge on any atom is 0.152 e. The highest BCUT2D eigenvalue weighted by Crippen LogP contribution is 2.29. The molecule has 9 heteroatoms. The third-order valence-electron chi connectivity index (χ3n) is 4.80. The Hall–Kier alpha value is -0.830. The van der Waals surface area contributed by atoms with Crippen molar-refractivity contribution in [1.82, 2.24) is 5.32 Å². The minimum atomic E-state index is -3.31. The van der Waals surface area contributed by atoms with E-state index in [1.165, 1.54) is 0 Å². The van der Waals surface area contributed by atoms with Crippen LogP contribution in [-0.2, 0) is 22.8 Å². The van der Waals surface area contributed by atoms with Gasteiger partial charge in [-0.3, -0.25) is 0 Å². The Morgan fingerprint density at radius 1 is 1.07 bits per heavy atom. The maximum absolute atomic E-state index is 12.4. The summed E-state index contributed by atoms with van der Waals surface area (Å²) in [6.45, 7) is 0.342. The Morgan fingerprint density at radius 3 is 2.39 bits per heavy atom. The van der Waals surface area contributed by atoms with Crippen LogP contribution in [0.1, 0.15) is 11.1 Å². The van der Waals surface area contributed by atoms with Crippen LogP contribution >= 0.6 is 39.1 Å². The van der Waals surface area contributed by atoms with Gasteiger partial charge in [0.1, 0.15) is 5.75 Å². The van der Waals surface area contributed by atoms with Crippen LogP contribution in [0.2, 0.25) is 10.0 Å². The minimum absolute atomic E-state index is 0.0756. The highest BCUT2D eigenvalue weighted by Gasteiger charge is 2.39. The van der Waals surface area contributed by atoms with Crippen molar-refractivity contribution < 1.29 is 18.6 Å². The number of phenolic OH excluding ortho intramolecular Hbond substituents is 1. The highest BCUT2D eigenvalue weighted by atomic mass is 79.9. The molecule has 3 rings (SSSR count). The Bertz CT molecular complexity index is 950. The van der Waals surface area contributed by atoms with E-state index in [1.54, 1.807) is 36.4 Å². The molecule has 3 atom stereocenters. The van der Waals surface area contributed by atoms with Crippen LogP contribution in [0.4, 0.5) is 0 Å². The highest BCUT2D eigenvalue weighted by molar-refractivity contribution is 9.10. The lowest BCUT2D eigenvalue weighted by molar-refractivity contribution is 0.0781. The van der Waals surface area contributed by atoms with Gasteiger partial charge < -0.3 is 15.5 Å². The topological polar surface area (TPSA) is 86.6 Å². The largest absolute Gasteiger partial charge is 0.507 e. The molecule has 2 aromatic carbocycles. The number of nitrogens with one attached hydrogen (secondary N) is 1. The molecule has 0 amide bonds. The lowest BCUT2D eigenvalue weighted by Gasteiger charge is -2.35. The second-order valence-electron chi connectivity index (χ2n) is 7.08. The lowest BCUT2D eigenvalue weighted by atomic mass is 9.91. The molecule has 0 bridgehead atoms. The van der Waals surface area contributed by atoms with E-state index in [1.807, 2.05) is 0 Å². The van der Waals surface area contributed by atoms with Crippen LogP contribution in [-0.4, -0.2) is 42.3 Å². The summed E-state index contributed by atoms with van der Waals surface area (Å²) in [5.74, 6) is -0.539. The predicted molar refractivity (Wildman–Crippen MR) is 115 cm³/mol. The van der Waals surface area contributed by atoms with Crippen LogP contribution < -0.4 is 5.32 Å². The van der Waals surface area contributed by atoms with Gasteiger partial charge in [0.05, 0.1) is 22.1 Å². The van der Waals surface area contributed by atoms with Crippen LogP contribution in [0.5, 0.6) is 5.75 Å². The molecule has 28 heavy (non-hydrogen) atoms. The number of phenols is 1. The number of sulfone groups is 1. The van der Waals surface area contributed by atoms with E-state index < -0.39 is 27.9 Å². The third-order valence-corrected chi connectivity index (χ3v) is 7.67. The maximum atomic E-state index is 12.4. The van der Waals surface area contributed by atoms with Crippen molar-refractivity contribution in [3.8, 4) is 5.75 Å². The number of aliphatic hydroxyl groups is 1. The Kier molecular flexibility index (Phi) is 6.95. The van der Waals surface area contributed by atoms with Gasteiger partial charge >= 0.3 is 0 Å². The monoisotopic (exact) mass is 507 g/mol. The second-order valence-corrected chi connectivity index (χ2v) is 11.0. The molecule has 1 saturated heterocycles. The quantitative estimate of drug-likeness (QED) is 0.574. The molecule has 0 spiro atoms. The van der Waals surface area contributed by atoms with Gasteiger partial charge in [-0.25, -0.2) is 8.42 Å². The van der Waals surface area contributed by atoms with Crippen molar-refractivity contribution in [3.05, 3.63) is 62.0 Å². The normalized spacial score (nSPS) is 24.2. The summed E-state index contributed by atoms with van der Waals surface area (Å²) in [4.78, 5) is 0.